The first-order valence-corrected chi connectivity index (χ1v) is 9.08. The van der Waals surface area contributed by atoms with Crippen molar-refractivity contribution in [2.75, 3.05) is 26.2 Å². The molecular formula is C18H37N3O. The van der Waals surface area contributed by atoms with E-state index in [-0.39, 0.29) is 11.4 Å². The molecule has 0 spiro atoms. The summed E-state index contributed by atoms with van der Waals surface area (Å²) < 4.78 is 0. The second-order valence-corrected chi connectivity index (χ2v) is 7.55. The number of nitrogens with two attached hydrogens (primary N) is 1. The molecule has 1 fully saturated rings. The molecule has 1 rings (SSSR count). The summed E-state index contributed by atoms with van der Waals surface area (Å²) in [6.45, 7) is 14.3. The summed E-state index contributed by atoms with van der Waals surface area (Å²) in [6, 6.07) is 0. The molecule has 1 aliphatic heterocycles. The lowest BCUT2D eigenvalue weighted by Gasteiger charge is -2.44. The fourth-order valence-electron chi connectivity index (χ4n) is 3.50. The Hall–Kier alpha value is -0.610. The molecule has 3 N–H and O–H groups in total. The molecule has 0 aromatic rings. The number of nitrogens with one attached hydrogen (secondary N) is 1. The van der Waals surface area contributed by atoms with Crippen LogP contribution in [0.15, 0.2) is 0 Å². The molecule has 1 unspecified atom stereocenters. The van der Waals surface area contributed by atoms with Gasteiger partial charge in [0.2, 0.25) is 5.91 Å². The molecule has 0 aromatic heterocycles. The Kier molecular flexibility index (Phi) is 7.33. The van der Waals surface area contributed by atoms with Gasteiger partial charge in [0.25, 0.3) is 0 Å². The van der Waals surface area contributed by atoms with Gasteiger partial charge in [-0.25, -0.2) is 0 Å². The second kappa shape index (κ2) is 8.30. The maximum Gasteiger partial charge on any atom is 0.227 e. The van der Waals surface area contributed by atoms with E-state index in [1.807, 2.05) is 0 Å². The number of rotatable bonds is 8. The van der Waals surface area contributed by atoms with Gasteiger partial charge in [-0.15, -0.1) is 0 Å². The fourth-order valence-corrected chi connectivity index (χ4v) is 3.50. The van der Waals surface area contributed by atoms with Crippen LogP contribution in [0, 0.1) is 11.3 Å². The Labute approximate surface area is 137 Å². The molecule has 0 radical (unpaired) electrons. The van der Waals surface area contributed by atoms with E-state index in [2.05, 4.69) is 44.8 Å². The van der Waals surface area contributed by atoms with Gasteiger partial charge in [-0.05, 0) is 52.0 Å². The quantitative estimate of drug-likeness (QED) is 0.724. The fraction of sp³-hybridized carbons (Fsp3) is 0.944. The summed E-state index contributed by atoms with van der Waals surface area (Å²) >= 11 is 0. The zero-order valence-electron chi connectivity index (χ0n) is 15.4. The van der Waals surface area contributed by atoms with E-state index >= 15 is 0 Å². The Bertz CT molecular complexity index is 342. The molecular weight excluding hydrogens is 274 g/mol. The number of carbonyl (C=O) groups excluding carboxylic acids is 1. The topological polar surface area (TPSA) is 58.4 Å². The smallest absolute Gasteiger partial charge is 0.227 e. The lowest BCUT2D eigenvalue weighted by Crippen LogP contribution is -2.57. The summed E-state index contributed by atoms with van der Waals surface area (Å²) in [5.74, 6) is 0.926. The van der Waals surface area contributed by atoms with E-state index in [9.17, 15) is 4.79 Å². The number of hydrogen-bond donors (Lipinski definition) is 2. The van der Waals surface area contributed by atoms with Crippen molar-refractivity contribution < 1.29 is 4.79 Å². The highest BCUT2D eigenvalue weighted by Crippen LogP contribution is 2.27. The van der Waals surface area contributed by atoms with Gasteiger partial charge in [-0.2, -0.15) is 0 Å². The number of nitrogens with zero attached hydrogens (tertiary/aromatic N) is 1. The van der Waals surface area contributed by atoms with Crippen molar-refractivity contribution in [3.8, 4) is 0 Å². The molecule has 1 atom stereocenters. The maximum atomic E-state index is 12.6. The molecule has 0 aliphatic carbocycles. The van der Waals surface area contributed by atoms with Crippen molar-refractivity contribution in [1.29, 1.82) is 0 Å². The van der Waals surface area contributed by atoms with Gasteiger partial charge in [0.05, 0.1) is 5.41 Å². The summed E-state index contributed by atoms with van der Waals surface area (Å²) in [7, 11) is 0. The maximum absolute atomic E-state index is 12.6. The highest BCUT2D eigenvalue weighted by molar-refractivity contribution is 5.82. The number of carbonyl (C=O) groups is 1. The molecule has 1 saturated heterocycles. The predicted octanol–water partition coefficient (Wildman–Crippen LogP) is 2.77. The summed E-state index contributed by atoms with van der Waals surface area (Å²) in [5.41, 5.74) is 5.48. The molecule has 1 amide bonds. The Morgan fingerprint density at radius 1 is 1.27 bits per heavy atom. The Morgan fingerprint density at radius 2 is 1.91 bits per heavy atom. The standard InChI is InChI=1S/C18H37N3O/c1-6-15-10-9-11-21(12-15)17(4,5)14-20-16(22)18(7-2,8-3)13-19/h15H,6-14,19H2,1-5H3,(H,20,22). The van der Waals surface area contributed by atoms with Crippen LogP contribution in [0.2, 0.25) is 0 Å². The molecule has 0 bridgehead atoms. The van der Waals surface area contributed by atoms with Gasteiger partial charge in [0.1, 0.15) is 0 Å². The van der Waals surface area contributed by atoms with Crippen LogP contribution in [-0.2, 0) is 4.79 Å². The van der Waals surface area contributed by atoms with Gasteiger partial charge in [0, 0.05) is 25.2 Å². The SMILES string of the molecule is CCC1CCCN(C(C)(C)CNC(=O)C(CC)(CC)CN)C1. The predicted molar refractivity (Wildman–Crippen MR) is 93.7 cm³/mol. The lowest BCUT2D eigenvalue weighted by molar-refractivity contribution is -0.131. The van der Waals surface area contributed by atoms with Crippen LogP contribution in [0.5, 0.6) is 0 Å². The summed E-state index contributed by atoms with van der Waals surface area (Å²) in [4.78, 5) is 15.1. The number of hydrogen-bond acceptors (Lipinski definition) is 3. The first-order chi connectivity index (χ1) is 10.3. The highest BCUT2D eigenvalue weighted by atomic mass is 16.2. The van der Waals surface area contributed by atoms with Crippen LogP contribution >= 0.6 is 0 Å². The molecule has 1 heterocycles. The van der Waals surface area contributed by atoms with E-state index in [4.69, 9.17) is 5.73 Å². The number of likely N-dealkylation sites (tertiary alicyclic amines) is 1. The van der Waals surface area contributed by atoms with Crippen molar-refractivity contribution in [2.24, 2.45) is 17.1 Å². The molecule has 130 valence electrons. The van der Waals surface area contributed by atoms with Crippen LogP contribution in [0.4, 0.5) is 0 Å². The van der Waals surface area contributed by atoms with Crippen molar-refractivity contribution in [2.45, 2.75) is 72.3 Å². The van der Waals surface area contributed by atoms with Gasteiger partial charge < -0.3 is 11.1 Å². The van der Waals surface area contributed by atoms with Gasteiger partial charge in [-0.1, -0.05) is 27.2 Å². The van der Waals surface area contributed by atoms with E-state index < -0.39 is 5.41 Å². The Morgan fingerprint density at radius 3 is 2.41 bits per heavy atom. The molecule has 4 nitrogen and oxygen atoms in total. The summed E-state index contributed by atoms with van der Waals surface area (Å²) in [5, 5.41) is 3.19. The third kappa shape index (κ3) is 4.45. The zero-order chi connectivity index (χ0) is 16.8. The van der Waals surface area contributed by atoms with Crippen molar-refractivity contribution in [1.82, 2.24) is 10.2 Å². The minimum Gasteiger partial charge on any atom is -0.354 e. The first kappa shape index (κ1) is 19.4. The van der Waals surface area contributed by atoms with E-state index in [1.165, 1.54) is 19.3 Å². The van der Waals surface area contributed by atoms with Crippen LogP contribution in [-0.4, -0.2) is 42.5 Å². The van der Waals surface area contributed by atoms with Gasteiger partial charge in [-0.3, -0.25) is 9.69 Å². The largest absolute Gasteiger partial charge is 0.354 e. The van der Waals surface area contributed by atoms with Crippen molar-refractivity contribution in [3.05, 3.63) is 0 Å². The average Bonchev–Trinajstić information content (AvgIpc) is 2.55. The number of amides is 1. The van der Waals surface area contributed by atoms with Gasteiger partial charge >= 0.3 is 0 Å². The molecule has 1 aliphatic rings. The second-order valence-electron chi connectivity index (χ2n) is 7.55. The summed E-state index contributed by atoms with van der Waals surface area (Å²) in [6.07, 6.45) is 5.46. The minimum atomic E-state index is -0.399. The lowest BCUT2D eigenvalue weighted by atomic mass is 9.81. The third-order valence-corrected chi connectivity index (χ3v) is 5.86. The minimum absolute atomic E-state index is 0.00528. The average molecular weight is 312 g/mol. The van der Waals surface area contributed by atoms with E-state index in [1.54, 1.807) is 0 Å². The highest BCUT2D eigenvalue weighted by Gasteiger charge is 2.36. The Balaban J connectivity index is 2.62. The van der Waals surface area contributed by atoms with E-state index in [0.717, 1.165) is 31.8 Å². The molecule has 4 heteroatoms. The molecule has 22 heavy (non-hydrogen) atoms. The number of piperidine rings is 1. The molecule has 0 aromatic carbocycles. The van der Waals surface area contributed by atoms with Crippen LogP contribution in [0.1, 0.15) is 66.7 Å². The van der Waals surface area contributed by atoms with Crippen LogP contribution in [0.3, 0.4) is 0 Å². The van der Waals surface area contributed by atoms with Crippen molar-refractivity contribution >= 4 is 5.91 Å². The molecule has 0 saturated carbocycles. The third-order valence-electron chi connectivity index (χ3n) is 5.86. The monoisotopic (exact) mass is 311 g/mol. The van der Waals surface area contributed by atoms with Crippen LogP contribution < -0.4 is 11.1 Å². The zero-order valence-corrected chi connectivity index (χ0v) is 15.4. The normalized spacial score (nSPS) is 20.9. The first-order valence-electron chi connectivity index (χ1n) is 9.08. The van der Waals surface area contributed by atoms with E-state index in [0.29, 0.717) is 13.1 Å². The van der Waals surface area contributed by atoms with Gasteiger partial charge in [0.15, 0.2) is 0 Å². The van der Waals surface area contributed by atoms with Crippen molar-refractivity contribution in [3.63, 3.8) is 0 Å². The van der Waals surface area contributed by atoms with Crippen LogP contribution in [0.25, 0.3) is 0 Å².